The van der Waals surface area contributed by atoms with E-state index in [-0.39, 0.29) is 48.8 Å². The predicted octanol–water partition coefficient (Wildman–Crippen LogP) is 2.78. The van der Waals surface area contributed by atoms with Crippen molar-refractivity contribution in [1.29, 1.82) is 0 Å². The summed E-state index contributed by atoms with van der Waals surface area (Å²) in [7, 11) is 0. The topological polar surface area (TPSA) is 96.3 Å². The molecule has 0 bridgehead atoms. The number of hydrogen-bond donors (Lipinski definition) is 2. The molecule has 0 spiro atoms. The average Bonchev–Trinajstić information content (AvgIpc) is 3.60. The van der Waals surface area contributed by atoms with Crippen LogP contribution < -0.4 is 10.6 Å². The zero-order chi connectivity index (χ0) is 25.4. The molecule has 186 valence electrons. The van der Waals surface area contributed by atoms with Gasteiger partial charge in [-0.2, -0.15) is 0 Å². The third-order valence-electron chi connectivity index (χ3n) is 6.65. The van der Waals surface area contributed by atoms with Crippen LogP contribution in [0.3, 0.4) is 0 Å². The van der Waals surface area contributed by atoms with E-state index in [2.05, 4.69) is 15.6 Å². The van der Waals surface area contributed by atoms with Crippen molar-refractivity contribution in [3.05, 3.63) is 89.0 Å². The van der Waals surface area contributed by atoms with Crippen molar-refractivity contribution in [1.82, 2.24) is 25.1 Å². The molecule has 2 aliphatic rings. The zero-order valence-corrected chi connectivity index (χ0v) is 19.6. The second kappa shape index (κ2) is 9.18. The predicted molar refractivity (Wildman–Crippen MR) is 126 cm³/mol. The molecule has 3 amide bonds. The Morgan fingerprint density at radius 2 is 1.78 bits per heavy atom. The highest BCUT2D eigenvalue weighted by molar-refractivity contribution is 6.07. The third-order valence-corrected chi connectivity index (χ3v) is 6.65. The monoisotopic (exact) mass is 493 g/mol. The quantitative estimate of drug-likeness (QED) is 0.529. The fraction of sp³-hybridized carbons (Fsp3) is 0.308. The Kier molecular flexibility index (Phi) is 6.03. The number of halogens is 2. The smallest absolute Gasteiger partial charge is 0.274 e. The number of amides is 3. The SMILES string of the molecule is C[C@]1(C(=O)NCc2ccc(F)cc2)Cn2cnc(C(=O)NCc3ccccc3F)c2C(=O)N1C1CC1. The van der Waals surface area contributed by atoms with Gasteiger partial charge in [0.25, 0.3) is 11.8 Å². The van der Waals surface area contributed by atoms with Crippen molar-refractivity contribution < 1.29 is 23.2 Å². The van der Waals surface area contributed by atoms with Gasteiger partial charge in [0.05, 0.1) is 12.9 Å². The Bertz CT molecular complexity index is 1340. The largest absolute Gasteiger partial charge is 0.350 e. The van der Waals surface area contributed by atoms with E-state index in [0.717, 1.165) is 18.4 Å². The van der Waals surface area contributed by atoms with E-state index in [1.54, 1.807) is 42.2 Å². The van der Waals surface area contributed by atoms with E-state index < -0.39 is 23.2 Å². The number of nitrogens with zero attached hydrogens (tertiary/aromatic N) is 3. The average molecular weight is 494 g/mol. The third kappa shape index (κ3) is 4.34. The van der Waals surface area contributed by atoms with Gasteiger partial charge in [-0.15, -0.1) is 0 Å². The summed E-state index contributed by atoms with van der Waals surface area (Å²) in [6.07, 6.45) is 2.89. The van der Waals surface area contributed by atoms with Crippen LogP contribution in [0, 0.1) is 11.6 Å². The molecule has 10 heteroatoms. The standard InChI is InChI=1S/C26H25F2N5O3/c1-26(25(36)30-12-16-6-8-18(27)9-7-16)14-32-15-31-21(22(32)24(35)33(26)19-10-11-19)23(34)29-13-17-4-2-3-5-20(17)28/h2-9,15,19H,10-14H2,1H3,(H,29,34)(H,30,36)/t26-/m1/s1. The molecule has 2 heterocycles. The molecule has 1 atom stereocenters. The van der Waals surface area contributed by atoms with Gasteiger partial charge in [-0.3, -0.25) is 14.4 Å². The Balaban J connectivity index is 1.36. The molecule has 0 saturated heterocycles. The zero-order valence-electron chi connectivity index (χ0n) is 19.6. The summed E-state index contributed by atoms with van der Waals surface area (Å²) in [5.74, 6) is -2.20. The maximum Gasteiger partial charge on any atom is 0.274 e. The van der Waals surface area contributed by atoms with Crippen molar-refractivity contribution >= 4 is 17.7 Å². The van der Waals surface area contributed by atoms with Gasteiger partial charge in [-0.25, -0.2) is 13.8 Å². The van der Waals surface area contributed by atoms with Gasteiger partial charge in [-0.1, -0.05) is 30.3 Å². The lowest BCUT2D eigenvalue weighted by Gasteiger charge is -2.44. The second-order valence-electron chi connectivity index (χ2n) is 9.33. The van der Waals surface area contributed by atoms with Gasteiger partial charge in [0.2, 0.25) is 5.91 Å². The molecule has 1 fully saturated rings. The van der Waals surface area contributed by atoms with Crippen molar-refractivity contribution in [3.63, 3.8) is 0 Å². The Labute approximate surface area is 206 Å². The van der Waals surface area contributed by atoms with Crippen molar-refractivity contribution in [3.8, 4) is 0 Å². The highest BCUT2D eigenvalue weighted by Crippen LogP contribution is 2.38. The first-order valence-electron chi connectivity index (χ1n) is 11.7. The van der Waals surface area contributed by atoms with Gasteiger partial charge in [-0.05, 0) is 43.5 Å². The fourth-order valence-corrected chi connectivity index (χ4v) is 4.60. The van der Waals surface area contributed by atoms with Crippen LogP contribution in [0.2, 0.25) is 0 Å². The number of aromatic nitrogens is 2. The number of benzene rings is 2. The molecule has 1 aliphatic heterocycles. The number of hydrogen-bond acceptors (Lipinski definition) is 4. The first-order valence-corrected chi connectivity index (χ1v) is 11.7. The summed E-state index contributed by atoms with van der Waals surface area (Å²) in [6, 6.07) is 11.8. The highest BCUT2D eigenvalue weighted by atomic mass is 19.1. The Morgan fingerprint density at radius 1 is 1.06 bits per heavy atom. The van der Waals surface area contributed by atoms with Crippen LogP contribution in [-0.4, -0.2) is 43.8 Å². The van der Waals surface area contributed by atoms with Crippen LogP contribution in [0.1, 0.15) is 51.9 Å². The number of rotatable bonds is 7. The summed E-state index contributed by atoms with van der Waals surface area (Å²) >= 11 is 0. The van der Waals surface area contributed by atoms with Crippen LogP contribution in [0.15, 0.2) is 54.9 Å². The molecular formula is C26H25F2N5O3. The number of carbonyl (C=O) groups excluding carboxylic acids is 3. The van der Waals surface area contributed by atoms with Crippen LogP contribution in [0.5, 0.6) is 0 Å². The van der Waals surface area contributed by atoms with Crippen LogP contribution in [-0.2, 0) is 24.4 Å². The molecule has 1 saturated carbocycles. The van der Waals surface area contributed by atoms with Gasteiger partial charge >= 0.3 is 0 Å². The van der Waals surface area contributed by atoms with Gasteiger partial charge in [0.15, 0.2) is 5.69 Å². The first kappa shape index (κ1) is 23.7. The maximum absolute atomic E-state index is 13.9. The minimum Gasteiger partial charge on any atom is -0.350 e. The van der Waals surface area contributed by atoms with E-state index in [9.17, 15) is 23.2 Å². The van der Waals surface area contributed by atoms with Crippen molar-refractivity contribution in [2.45, 2.75) is 51.0 Å². The number of imidazole rings is 1. The normalized spacial score (nSPS) is 19.1. The molecular weight excluding hydrogens is 468 g/mol. The van der Waals surface area contributed by atoms with Gasteiger partial charge < -0.3 is 20.1 Å². The fourth-order valence-electron chi connectivity index (χ4n) is 4.60. The van der Waals surface area contributed by atoms with E-state index in [0.29, 0.717) is 5.56 Å². The summed E-state index contributed by atoms with van der Waals surface area (Å²) < 4.78 is 28.6. The second-order valence-corrected chi connectivity index (χ2v) is 9.33. The minimum absolute atomic E-state index is 0.0537. The lowest BCUT2D eigenvalue weighted by atomic mass is 9.93. The lowest BCUT2D eigenvalue weighted by molar-refractivity contribution is -0.133. The van der Waals surface area contributed by atoms with E-state index >= 15 is 0 Å². The lowest BCUT2D eigenvalue weighted by Crippen LogP contribution is -2.64. The number of nitrogens with one attached hydrogen (secondary N) is 2. The van der Waals surface area contributed by atoms with Crippen LogP contribution in [0.25, 0.3) is 0 Å². The summed E-state index contributed by atoms with van der Waals surface area (Å²) in [5, 5.41) is 5.49. The molecule has 1 aliphatic carbocycles. The Hall–Kier alpha value is -4.08. The van der Waals surface area contributed by atoms with Gasteiger partial charge in [0.1, 0.15) is 22.9 Å². The summed E-state index contributed by atoms with van der Waals surface area (Å²) in [4.78, 5) is 45.6. The molecule has 1 aromatic heterocycles. The maximum atomic E-state index is 13.9. The summed E-state index contributed by atoms with van der Waals surface area (Å²) in [5.41, 5.74) is -0.110. The molecule has 0 unspecified atom stereocenters. The molecule has 8 nitrogen and oxygen atoms in total. The highest BCUT2D eigenvalue weighted by Gasteiger charge is 2.53. The van der Waals surface area contributed by atoms with E-state index in [4.69, 9.17) is 0 Å². The molecule has 2 N–H and O–H groups in total. The van der Waals surface area contributed by atoms with E-state index in [1.807, 2.05) is 0 Å². The van der Waals surface area contributed by atoms with Crippen molar-refractivity contribution in [2.75, 3.05) is 0 Å². The number of fused-ring (bicyclic) bond motifs is 1. The molecule has 2 aromatic carbocycles. The Morgan fingerprint density at radius 3 is 2.47 bits per heavy atom. The summed E-state index contributed by atoms with van der Waals surface area (Å²) in [6.45, 7) is 1.95. The molecule has 5 rings (SSSR count). The van der Waals surface area contributed by atoms with Crippen LogP contribution in [0.4, 0.5) is 8.78 Å². The molecule has 36 heavy (non-hydrogen) atoms. The molecule has 3 aromatic rings. The van der Waals surface area contributed by atoms with E-state index in [1.165, 1.54) is 29.1 Å². The van der Waals surface area contributed by atoms with Gasteiger partial charge in [0, 0.05) is 24.7 Å². The van der Waals surface area contributed by atoms with Crippen LogP contribution >= 0.6 is 0 Å². The molecule has 0 radical (unpaired) electrons. The minimum atomic E-state index is -1.20. The first-order chi connectivity index (χ1) is 17.3. The number of carbonyl (C=O) groups is 3. The van der Waals surface area contributed by atoms with Crippen molar-refractivity contribution in [2.24, 2.45) is 0 Å².